The summed E-state index contributed by atoms with van der Waals surface area (Å²) in [5.74, 6) is 3.13. The lowest BCUT2D eigenvalue weighted by Gasteiger charge is -2.20. The van der Waals surface area contributed by atoms with Crippen molar-refractivity contribution in [1.29, 1.82) is 0 Å². The lowest BCUT2D eigenvalue weighted by molar-refractivity contribution is 0.457. The fourth-order valence-corrected chi connectivity index (χ4v) is 3.52. The first-order valence-electron chi connectivity index (χ1n) is 8.32. The molecule has 0 unspecified atom stereocenters. The van der Waals surface area contributed by atoms with Crippen LogP contribution in [0, 0.1) is 5.92 Å². The van der Waals surface area contributed by atoms with Gasteiger partial charge in [-0.2, -0.15) is 0 Å². The number of benzene rings is 2. The molecule has 0 radical (unpaired) electrons. The van der Waals surface area contributed by atoms with Crippen molar-refractivity contribution in [2.24, 2.45) is 5.92 Å². The topological polar surface area (TPSA) is 35.3 Å². The summed E-state index contributed by atoms with van der Waals surface area (Å²) in [6.07, 6.45) is 2.80. The van der Waals surface area contributed by atoms with E-state index in [1.165, 1.54) is 0 Å². The predicted octanol–water partition coefficient (Wildman–Crippen LogP) is 5.95. The molecule has 4 aromatic rings. The molecule has 24 heavy (non-hydrogen) atoms. The summed E-state index contributed by atoms with van der Waals surface area (Å²) in [6.45, 7) is 4.38. The number of aromatic nitrogens is 1. The molecule has 0 fully saturated rings. The van der Waals surface area contributed by atoms with Crippen molar-refractivity contribution in [3.8, 4) is 22.8 Å². The molecule has 2 aromatic carbocycles. The average Bonchev–Trinajstić information content (AvgIpc) is 2.97. The van der Waals surface area contributed by atoms with E-state index in [1.54, 1.807) is 0 Å². The maximum Gasteiger partial charge on any atom is 0.196 e. The van der Waals surface area contributed by atoms with Gasteiger partial charge in [-0.25, -0.2) is 0 Å². The smallest absolute Gasteiger partial charge is 0.196 e. The Labute approximate surface area is 139 Å². The van der Waals surface area contributed by atoms with Gasteiger partial charge in [-0.05, 0) is 23.4 Å². The molecule has 118 valence electrons. The van der Waals surface area contributed by atoms with Crippen LogP contribution in [0.1, 0.15) is 19.6 Å². The summed E-state index contributed by atoms with van der Waals surface area (Å²) in [5.41, 5.74) is 2.76. The van der Waals surface area contributed by atoms with Crippen LogP contribution in [-0.2, 0) is 6.42 Å². The van der Waals surface area contributed by atoms with Crippen LogP contribution in [0.5, 0.6) is 11.5 Å². The summed E-state index contributed by atoms with van der Waals surface area (Å²) >= 11 is 0. The fourth-order valence-electron chi connectivity index (χ4n) is 3.52. The highest BCUT2D eigenvalue weighted by Crippen LogP contribution is 2.48. The summed E-state index contributed by atoms with van der Waals surface area (Å²) in [4.78, 5) is 4.68. The zero-order chi connectivity index (χ0) is 16.3. The van der Waals surface area contributed by atoms with Gasteiger partial charge in [0, 0.05) is 29.0 Å². The van der Waals surface area contributed by atoms with Gasteiger partial charge in [0.25, 0.3) is 0 Å². The van der Waals surface area contributed by atoms with Gasteiger partial charge in [0.2, 0.25) is 0 Å². The number of hydrogen-bond donors (Lipinski definition) is 0. The third-order valence-electron chi connectivity index (χ3n) is 4.51. The number of fused-ring (bicyclic) bond motifs is 4. The minimum absolute atomic E-state index is 0.546. The Morgan fingerprint density at radius 2 is 1.88 bits per heavy atom. The normalized spacial score (nSPS) is 12.6. The highest BCUT2D eigenvalue weighted by atomic mass is 16.5. The maximum atomic E-state index is 6.22. The molecule has 0 spiro atoms. The lowest BCUT2D eigenvalue weighted by Crippen LogP contribution is -1.99. The van der Waals surface area contributed by atoms with Crippen molar-refractivity contribution in [3.63, 3.8) is 0 Å². The molecule has 0 atom stereocenters. The monoisotopic (exact) mass is 315 g/mol. The van der Waals surface area contributed by atoms with Crippen molar-refractivity contribution in [2.75, 3.05) is 0 Å². The molecular weight excluding hydrogens is 298 g/mol. The van der Waals surface area contributed by atoms with Crippen LogP contribution in [0.25, 0.3) is 33.0 Å². The van der Waals surface area contributed by atoms with E-state index in [0.29, 0.717) is 5.92 Å². The summed E-state index contributed by atoms with van der Waals surface area (Å²) < 4.78 is 12.3. The van der Waals surface area contributed by atoms with E-state index < -0.39 is 0 Å². The Morgan fingerprint density at radius 1 is 1.04 bits per heavy atom. The number of furan rings is 1. The zero-order valence-electron chi connectivity index (χ0n) is 13.7. The molecule has 0 amide bonds. The van der Waals surface area contributed by atoms with Crippen LogP contribution in [0.4, 0.5) is 0 Å². The van der Waals surface area contributed by atoms with Crippen molar-refractivity contribution in [2.45, 2.75) is 20.3 Å². The third kappa shape index (κ3) is 1.88. The highest BCUT2D eigenvalue weighted by Gasteiger charge is 2.25. The van der Waals surface area contributed by atoms with Crippen LogP contribution in [0.2, 0.25) is 0 Å². The van der Waals surface area contributed by atoms with E-state index in [-0.39, 0.29) is 0 Å². The van der Waals surface area contributed by atoms with Crippen LogP contribution in [0.3, 0.4) is 0 Å². The Kier molecular flexibility index (Phi) is 2.75. The van der Waals surface area contributed by atoms with E-state index in [4.69, 9.17) is 9.15 Å². The molecule has 0 aliphatic carbocycles. The van der Waals surface area contributed by atoms with Gasteiger partial charge < -0.3 is 9.15 Å². The maximum absolute atomic E-state index is 6.22. The molecule has 1 aliphatic rings. The Morgan fingerprint density at radius 3 is 2.71 bits per heavy atom. The van der Waals surface area contributed by atoms with Gasteiger partial charge in [0.15, 0.2) is 11.3 Å². The molecule has 0 saturated heterocycles. The second-order valence-electron chi connectivity index (χ2n) is 6.79. The van der Waals surface area contributed by atoms with Crippen molar-refractivity contribution < 1.29 is 9.15 Å². The minimum Gasteiger partial charge on any atom is -0.457 e. The molecule has 2 aromatic heterocycles. The molecule has 1 aliphatic heterocycles. The molecule has 0 N–H and O–H groups in total. The van der Waals surface area contributed by atoms with Gasteiger partial charge in [-0.1, -0.05) is 44.2 Å². The third-order valence-corrected chi connectivity index (χ3v) is 4.51. The number of rotatable bonds is 2. The van der Waals surface area contributed by atoms with Crippen LogP contribution < -0.4 is 4.74 Å². The van der Waals surface area contributed by atoms with E-state index in [0.717, 1.165) is 56.7 Å². The van der Waals surface area contributed by atoms with Gasteiger partial charge >= 0.3 is 0 Å². The first-order valence-corrected chi connectivity index (χ1v) is 8.32. The molecule has 0 bridgehead atoms. The summed E-state index contributed by atoms with van der Waals surface area (Å²) in [7, 11) is 0. The quantitative estimate of drug-likeness (QED) is 0.403. The minimum atomic E-state index is 0.546. The summed E-state index contributed by atoms with van der Waals surface area (Å²) in [6, 6.07) is 14.5. The Bertz CT molecular complexity index is 1090. The van der Waals surface area contributed by atoms with E-state index in [2.05, 4.69) is 49.2 Å². The highest BCUT2D eigenvalue weighted by molar-refractivity contribution is 6.05. The Balaban J connectivity index is 1.80. The second-order valence-corrected chi connectivity index (χ2v) is 6.79. The average molecular weight is 315 g/mol. The standard InChI is InChI=1S/C21H17NO2/c1-12(2)9-15-10-14-11-22-19-16-7-3-5-13-6-4-8-17(18(13)16)24-21(19)20(14)23-15/h3-8,10-12H,9H2,1-2H3. The van der Waals surface area contributed by atoms with Gasteiger partial charge in [0.1, 0.15) is 17.2 Å². The number of nitrogens with zero attached hydrogens (tertiary/aromatic N) is 1. The van der Waals surface area contributed by atoms with Crippen molar-refractivity contribution >= 4 is 21.7 Å². The lowest BCUT2D eigenvalue weighted by atomic mass is 9.98. The Hall–Kier alpha value is -2.81. The molecule has 3 heteroatoms. The van der Waals surface area contributed by atoms with Crippen LogP contribution >= 0.6 is 0 Å². The first kappa shape index (κ1) is 13.6. The zero-order valence-corrected chi connectivity index (χ0v) is 13.7. The second kappa shape index (κ2) is 4.84. The largest absolute Gasteiger partial charge is 0.457 e. The van der Waals surface area contributed by atoms with Gasteiger partial charge in [-0.15, -0.1) is 0 Å². The van der Waals surface area contributed by atoms with Crippen molar-refractivity contribution in [3.05, 3.63) is 54.4 Å². The number of hydrogen-bond acceptors (Lipinski definition) is 3. The SMILES string of the molecule is CC(C)Cc1cc2cnc3c(c2o1)Oc1cccc2cccc-3c12. The molecule has 0 saturated carbocycles. The van der Waals surface area contributed by atoms with Crippen LogP contribution in [0.15, 0.2) is 53.1 Å². The first-order chi connectivity index (χ1) is 11.7. The van der Waals surface area contributed by atoms with E-state index in [9.17, 15) is 0 Å². The van der Waals surface area contributed by atoms with E-state index >= 15 is 0 Å². The number of pyridine rings is 1. The van der Waals surface area contributed by atoms with Gasteiger partial charge in [0.05, 0.1) is 0 Å². The molecule has 3 heterocycles. The van der Waals surface area contributed by atoms with E-state index in [1.807, 2.05) is 18.3 Å². The molecular formula is C21H17NO2. The van der Waals surface area contributed by atoms with Crippen LogP contribution in [-0.4, -0.2) is 4.98 Å². The predicted molar refractivity (Wildman–Crippen MR) is 95.6 cm³/mol. The fraction of sp³-hybridized carbons (Fsp3) is 0.190. The van der Waals surface area contributed by atoms with Gasteiger partial charge in [-0.3, -0.25) is 4.98 Å². The molecule has 3 nitrogen and oxygen atoms in total. The van der Waals surface area contributed by atoms with Crippen molar-refractivity contribution in [1.82, 2.24) is 4.98 Å². The summed E-state index contributed by atoms with van der Waals surface area (Å²) in [5, 5.41) is 3.28. The number of ether oxygens (including phenoxy) is 1. The molecule has 5 rings (SSSR count).